The van der Waals surface area contributed by atoms with Crippen molar-refractivity contribution in [2.24, 2.45) is 0 Å². The van der Waals surface area contributed by atoms with Gasteiger partial charge in [-0.15, -0.1) is 0 Å². The van der Waals surface area contributed by atoms with Gasteiger partial charge < -0.3 is 5.32 Å². The van der Waals surface area contributed by atoms with Gasteiger partial charge in [-0.25, -0.2) is 13.5 Å². The molecule has 1 atom stereocenters. The summed E-state index contributed by atoms with van der Waals surface area (Å²) in [7, 11) is 0. The Hall–Kier alpha value is -3.29. The first-order valence-electron chi connectivity index (χ1n) is 8.31. The number of carbonyl (C=O) groups excluding carboxylic acids is 1. The largest absolute Gasteiger partial charge is 0.352 e. The number of hydrogen-bond acceptors (Lipinski definition) is 3. The second-order valence-corrected chi connectivity index (χ2v) is 6.25. The van der Waals surface area contributed by atoms with E-state index in [4.69, 9.17) is 0 Å². The van der Waals surface area contributed by atoms with Gasteiger partial charge in [0, 0.05) is 11.6 Å². The second kappa shape index (κ2) is 7.53. The van der Waals surface area contributed by atoms with Gasteiger partial charge in [-0.3, -0.25) is 19.5 Å². The van der Waals surface area contributed by atoms with Crippen molar-refractivity contribution in [2.45, 2.75) is 25.9 Å². The van der Waals surface area contributed by atoms with Crippen molar-refractivity contribution >= 4 is 16.7 Å². The van der Waals surface area contributed by atoms with E-state index in [0.29, 0.717) is 0 Å². The van der Waals surface area contributed by atoms with Crippen LogP contribution in [-0.2, 0) is 17.8 Å². The summed E-state index contributed by atoms with van der Waals surface area (Å²) in [5.41, 5.74) is -1.12. The lowest BCUT2D eigenvalue weighted by Gasteiger charge is -2.15. The molecule has 0 spiro atoms. The molecule has 0 aliphatic rings. The van der Waals surface area contributed by atoms with E-state index in [0.717, 1.165) is 16.8 Å². The number of aromatic amines is 1. The van der Waals surface area contributed by atoms with Crippen molar-refractivity contribution in [3.63, 3.8) is 0 Å². The molecule has 0 radical (unpaired) electrons. The van der Waals surface area contributed by atoms with Gasteiger partial charge in [-0.2, -0.15) is 0 Å². The fourth-order valence-corrected chi connectivity index (χ4v) is 2.91. The highest BCUT2D eigenvalue weighted by Gasteiger charge is 2.16. The fraction of sp³-hybridized carbons (Fsp3) is 0.211. The summed E-state index contributed by atoms with van der Waals surface area (Å²) >= 11 is 0. The Bertz CT molecular complexity index is 1100. The molecule has 0 saturated heterocycles. The van der Waals surface area contributed by atoms with Crippen molar-refractivity contribution in [3.05, 3.63) is 80.4 Å². The molecular weight excluding hydrogens is 356 g/mol. The predicted octanol–water partition coefficient (Wildman–Crippen LogP) is 1.72. The van der Waals surface area contributed by atoms with Crippen molar-refractivity contribution in [3.8, 4) is 0 Å². The SMILES string of the molecule is CC(Cc1c(F)cccc1F)NC(=O)Cn1[nH]c(=O)c2ccccc2c1=O. The highest BCUT2D eigenvalue weighted by molar-refractivity contribution is 5.81. The maximum absolute atomic E-state index is 13.7. The Morgan fingerprint density at radius 1 is 1.07 bits per heavy atom. The number of benzene rings is 2. The van der Waals surface area contributed by atoms with Crippen LogP contribution in [0.5, 0.6) is 0 Å². The van der Waals surface area contributed by atoms with Crippen LogP contribution >= 0.6 is 0 Å². The molecule has 0 aliphatic carbocycles. The summed E-state index contributed by atoms with van der Waals surface area (Å²) in [4.78, 5) is 36.6. The first-order chi connectivity index (χ1) is 12.9. The van der Waals surface area contributed by atoms with Crippen LogP contribution < -0.4 is 16.4 Å². The Morgan fingerprint density at radius 2 is 1.70 bits per heavy atom. The summed E-state index contributed by atoms with van der Waals surface area (Å²) in [6.45, 7) is 1.18. The van der Waals surface area contributed by atoms with Crippen LogP contribution in [0.2, 0.25) is 0 Å². The zero-order chi connectivity index (χ0) is 19.6. The number of amides is 1. The van der Waals surface area contributed by atoms with Gasteiger partial charge >= 0.3 is 0 Å². The smallest absolute Gasteiger partial charge is 0.273 e. The molecule has 8 heteroatoms. The zero-order valence-electron chi connectivity index (χ0n) is 14.5. The molecule has 0 bridgehead atoms. The van der Waals surface area contributed by atoms with Crippen LogP contribution in [0.3, 0.4) is 0 Å². The van der Waals surface area contributed by atoms with Gasteiger partial charge in [-0.1, -0.05) is 18.2 Å². The van der Waals surface area contributed by atoms with Gasteiger partial charge in [0.2, 0.25) is 5.91 Å². The number of halogens is 2. The lowest BCUT2D eigenvalue weighted by atomic mass is 10.1. The zero-order valence-corrected chi connectivity index (χ0v) is 14.5. The second-order valence-electron chi connectivity index (χ2n) is 6.25. The van der Waals surface area contributed by atoms with Crippen LogP contribution in [0.4, 0.5) is 8.78 Å². The minimum atomic E-state index is -0.689. The van der Waals surface area contributed by atoms with Crippen LogP contribution in [0.15, 0.2) is 52.1 Å². The molecule has 3 rings (SSSR count). The van der Waals surface area contributed by atoms with Gasteiger partial charge in [-0.05, 0) is 37.6 Å². The van der Waals surface area contributed by atoms with E-state index in [9.17, 15) is 23.2 Å². The third-order valence-electron chi connectivity index (χ3n) is 4.16. The summed E-state index contributed by atoms with van der Waals surface area (Å²) in [5.74, 6) is -1.94. The molecule has 140 valence electrons. The monoisotopic (exact) mass is 373 g/mol. The molecule has 0 fully saturated rings. The van der Waals surface area contributed by atoms with E-state index >= 15 is 0 Å². The number of rotatable bonds is 5. The molecule has 3 aromatic rings. The number of hydrogen-bond donors (Lipinski definition) is 2. The third kappa shape index (κ3) is 3.94. The van der Waals surface area contributed by atoms with Crippen molar-refractivity contribution in [1.82, 2.24) is 15.1 Å². The van der Waals surface area contributed by atoms with Crippen molar-refractivity contribution in [2.75, 3.05) is 0 Å². The van der Waals surface area contributed by atoms with Crippen LogP contribution in [0, 0.1) is 11.6 Å². The summed E-state index contributed by atoms with van der Waals surface area (Å²) in [6.07, 6.45) is -0.0482. The van der Waals surface area contributed by atoms with Crippen molar-refractivity contribution < 1.29 is 13.6 Å². The number of H-pyrrole nitrogens is 1. The molecule has 2 N–H and O–H groups in total. The lowest BCUT2D eigenvalue weighted by molar-refractivity contribution is -0.122. The molecule has 2 aromatic carbocycles. The summed E-state index contributed by atoms with van der Waals surface area (Å²) in [6, 6.07) is 9.26. The Balaban J connectivity index is 1.74. The number of aromatic nitrogens is 2. The van der Waals surface area contributed by atoms with Gasteiger partial charge in [0.15, 0.2) is 0 Å². The molecule has 1 heterocycles. The topological polar surface area (TPSA) is 84.0 Å². The van der Waals surface area contributed by atoms with Gasteiger partial charge in [0.05, 0.1) is 10.8 Å². The minimum absolute atomic E-state index is 0.0482. The predicted molar refractivity (Wildman–Crippen MR) is 96.5 cm³/mol. The Kier molecular flexibility index (Phi) is 5.16. The van der Waals surface area contributed by atoms with Crippen molar-refractivity contribution in [1.29, 1.82) is 0 Å². The molecular formula is C19H17F2N3O3. The summed E-state index contributed by atoms with van der Waals surface area (Å²) in [5, 5.41) is 5.37. The molecule has 0 aliphatic heterocycles. The number of fused-ring (bicyclic) bond motifs is 1. The quantitative estimate of drug-likeness (QED) is 0.714. The number of carbonyl (C=O) groups is 1. The van der Waals surface area contributed by atoms with E-state index in [2.05, 4.69) is 10.4 Å². The molecule has 27 heavy (non-hydrogen) atoms. The van der Waals surface area contributed by atoms with Crippen LogP contribution in [-0.4, -0.2) is 21.7 Å². The maximum Gasteiger partial charge on any atom is 0.273 e. The van der Waals surface area contributed by atoms with E-state index in [1.165, 1.54) is 18.2 Å². The van der Waals surface area contributed by atoms with E-state index in [1.54, 1.807) is 19.1 Å². The van der Waals surface area contributed by atoms with Crippen LogP contribution in [0.25, 0.3) is 10.8 Å². The number of nitrogens with zero attached hydrogens (tertiary/aromatic N) is 1. The molecule has 1 amide bonds. The average molecular weight is 373 g/mol. The normalized spacial score (nSPS) is 12.1. The van der Waals surface area contributed by atoms with Crippen LogP contribution in [0.1, 0.15) is 12.5 Å². The summed E-state index contributed by atoms with van der Waals surface area (Å²) < 4.78 is 28.3. The molecule has 1 aromatic heterocycles. The van der Waals surface area contributed by atoms with Gasteiger partial charge in [0.25, 0.3) is 11.1 Å². The maximum atomic E-state index is 13.7. The standard InChI is InChI=1S/C19H17F2N3O3/c1-11(9-14-15(20)7-4-8-16(14)21)22-17(25)10-24-19(27)13-6-3-2-5-12(13)18(26)23-24/h2-8,11H,9-10H2,1H3,(H,22,25)(H,23,26). The first kappa shape index (κ1) is 18.5. The lowest BCUT2D eigenvalue weighted by Crippen LogP contribution is -2.40. The Labute approximate surface area is 152 Å². The Morgan fingerprint density at radius 3 is 2.37 bits per heavy atom. The average Bonchev–Trinajstić information content (AvgIpc) is 2.62. The molecule has 6 nitrogen and oxygen atoms in total. The molecule has 1 unspecified atom stereocenters. The van der Waals surface area contributed by atoms with Gasteiger partial charge in [0.1, 0.15) is 18.2 Å². The van der Waals surface area contributed by atoms with E-state index < -0.39 is 41.2 Å². The highest BCUT2D eigenvalue weighted by Crippen LogP contribution is 2.14. The highest BCUT2D eigenvalue weighted by atomic mass is 19.1. The van der Waals surface area contributed by atoms with E-state index in [1.807, 2.05) is 0 Å². The number of nitrogens with one attached hydrogen (secondary N) is 2. The molecule has 0 saturated carbocycles. The minimum Gasteiger partial charge on any atom is -0.352 e. The fourth-order valence-electron chi connectivity index (χ4n) is 2.91. The third-order valence-corrected chi connectivity index (χ3v) is 4.16. The van der Waals surface area contributed by atoms with E-state index in [-0.39, 0.29) is 22.8 Å². The first-order valence-corrected chi connectivity index (χ1v) is 8.31.